The summed E-state index contributed by atoms with van der Waals surface area (Å²) in [5.74, 6) is -0.392. The van der Waals surface area contributed by atoms with Gasteiger partial charge in [0, 0.05) is 7.11 Å². The van der Waals surface area contributed by atoms with Crippen molar-refractivity contribution in [3.05, 3.63) is 0 Å². The average Bonchev–Trinajstić information content (AvgIpc) is 1.88. The lowest BCUT2D eigenvalue weighted by atomic mass is 10.4. The normalized spacial score (nSPS) is 12.7. The van der Waals surface area contributed by atoms with Crippen LogP contribution in [-0.4, -0.2) is 32.3 Å². The Kier molecular flexibility index (Phi) is 4.88. The van der Waals surface area contributed by atoms with Crippen LogP contribution in [-0.2, 0) is 14.3 Å². The fraction of sp³-hybridized carbons (Fsp3) is 0.833. The molecule has 2 N–H and O–H groups in total. The molecule has 10 heavy (non-hydrogen) atoms. The van der Waals surface area contributed by atoms with Crippen LogP contribution >= 0.6 is 0 Å². The second-order valence-corrected chi connectivity index (χ2v) is 1.95. The van der Waals surface area contributed by atoms with Crippen LogP contribution < -0.4 is 5.73 Å². The molecule has 0 saturated heterocycles. The molecular formula is C6H13NO3. The molecule has 1 atom stereocenters. The van der Waals surface area contributed by atoms with Crippen LogP contribution in [0.2, 0.25) is 0 Å². The summed E-state index contributed by atoms with van der Waals surface area (Å²) in [6.45, 7) is 2.27. The molecule has 0 heterocycles. The number of rotatable bonds is 4. The molecule has 0 rings (SSSR count). The lowest BCUT2D eigenvalue weighted by Crippen LogP contribution is -2.29. The fourth-order valence-electron chi connectivity index (χ4n) is 0.357. The predicted molar refractivity (Wildman–Crippen MR) is 36.5 cm³/mol. The Balaban J connectivity index is 3.22. The molecule has 0 spiro atoms. The van der Waals surface area contributed by atoms with E-state index in [0.29, 0.717) is 6.61 Å². The molecule has 0 saturated carbocycles. The number of ether oxygens (including phenoxy) is 2. The van der Waals surface area contributed by atoms with Crippen LogP contribution in [0.4, 0.5) is 0 Å². The first-order chi connectivity index (χ1) is 4.68. The molecular weight excluding hydrogens is 134 g/mol. The van der Waals surface area contributed by atoms with Gasteiger partial charge in [-0.3, -0.25) is 4.79 Å². The van der Waals surface area contributed by atoms with E-state index in [1.807, 2.05) is 0 Å². The highest BCUT2D eigenvalue weighted by Gasteiger charge is 2.06. The molecule has 0 fully saturated rings. The molecule has 0 aliphatic heterocycles. The van der Waals surface area contributed by atoms with Crippen molar-refractivity contribution >= 4 is 5.97 Å². The maximum atomic E-state index is 10.6. The van der Waals surface area contributed by atoms with Gasteiger partial charge in [0.05, 0.1) is 6.61 Å². The van der Waals surface area contributed by atoms with Crippen LogP contribution in [0.15, 0.2) is 0 Å². The molecule has 0 amide bonds. The van der Waals surface area contributed by atoms with Gasteiger partial charge in [0.25, 0.3) is 0 Å². The summed E-state index contributed by atoms with van der Waals surface area (Å²) in [6.07, 6.45) is 0. The van der Waals surface area contributed by atoms with Gasteiger partial charge in [-0.15, -0.1) is 0 Å². The van der Waals surface area contributed by atoms with Crippen molar-refractivity contribution in [2.75, 3.05) is 20.3 Å². The minimum absolute atomic E-state index is 0.275. The highest BCUT2D eigenvalue weighted by Crippen LogP contribution is 1.83. The summed E-state index contributed by atoms with van der Waals surface area (Å²) in [7, 11) is 1.54. The molecule has 0 aliphatic carbocycles. The van der Waals surface area contributed by atoms with Gasteiger partial charge >= 0.3 is 5.97 Å². The Morgan fingerprint density at radius 3 is 2.60 bits per heavy atom. The van der Waals surface area contributed by atoms with E-state index in [-0.39, 0.29) is 6.61 Å². The highest BCUT2D eigenvalue weighted by atomic mass is 16.6. The first kappa shape index (κ1) is 9.39. The SMILES string of the molecule is COCCOC(=O)[C@H](C)N. The maximum Gasteiger partial charge on any atom is 0.322 e. The van der Waals surface area contributed by atoms with E-state index in [0.717, 1.165) is 0 Å². The van der Waals surface area contributed by atoms with Crippen molar-refractivity contribution in [1.29, 1.82) is 0 Å². The topological polar surface area (TPSA) is 61.5 Å². The van der Waals surface area contributed by atoms with Crippen LogP contribution in [0.1, 0.15) is 6.92 Å². The Labute approximate surface area is 60.3 Å². The van der Waals surface area contributed by atoms with E-state index in [2.05, 4.69) is 9.47 Å². The largest absolute Gasteiger partial charge is 0.462 e. The molecule has 0 aliphatic rings. The second kappa shape index (κ2) is 5.20. The van der Waals surface area contributed by atoms with Crippen LogP contribution in [0.3, 0.4) is 0 Å². The fourth-order valence-corrected chi connectivity index (χ4v) is 0.357. The lowest BCUT2D eigenvalue weighted by Gasteiger charge is -2.05. The minimum atomic E-state index is -0.545. The van der Waals surface area contributed by atoms with Crippen molar-refractivity contribution in [3.8, 4) is 0 Å². The molecule has 0 radical (unpaired) electrons. The number of hydrogen-bond donors (Lipinski definition) is 1. The number of carbonyl (C=O) groups is 1. The van der Waals surface area contributed by atoms with Crippen molar-refractivity contribution in [1.82, 2.24) is 0 Å². The number of esters is 1. The number of nitrogens with two attached hydrogens (primary N) is 1. The second-order valence-electron chi connectivity index (χ2n) is 1.95. The van der Waals surface area contributed by atoms with E-state index < -0.39 is 12.0 Å². The molecule has 0 unspecified atom stereocenters. The smallest absolute Gasteiger partial charge is 0.322 e. The number of methoxy groups -OCH3 is 1. The zero-order valence-electron chi connectivity index (χ0n) is 6.29. The van der Waals surface area contributed by atoms with E-state index >= 15 is 0 Å². The van der Waals surface area contributed by atoms with Gasteiger partial charge in [0.2, 0.25) is 0 Å². The standard InChI is InChI=1S/C6H13NO3/c1-5(7)6(8)10-4-3-9-2/h5H,3-4,7H2,1-2H3/t5-/m0/s1. The van der Waals surface area contributed by atoms with E-state index in [1.165, 1.54) is 0 Å². The molecule has 0 bridgehead atoms. The predicted octanol–water partition coefficient (Wildman–Crippen LogP) is -0.477. The van der Waals surface area contributed by atoms with Crippen molar-refractivity contribution < 1.29 is 14.3 Å². The Bertz CT molecular complexity index is 103. The summed E-state index contributed by atoms with van der Waals surface area (Å²) in [5, 5.41) is 0. The lowest BCUT2D eigenvalue weighted by molar-refractivity contribution is -0.145. The Hall–Kier alpha value is -0.610. The third-order valence-corrected chi connectivity index (χ3v) is 0.904. The van der Waals surface area contributed by atoms with Gasteiger partial charge in [-0.2, -0.15) is 0 Å². The summed E-state index contributed by atoms with van der Waals surface area (Å²) in [6, 6.07) is -0.545. The first-order valence-corrected chi connectivity index (χ1v) is 3.09. The molecule has 4 nitrogen and oxygen atoms in total. The maximum absolute atomic E-state index is 10.6. The van der Waals surface area contributed by atoms with Gasteiger partial charge < -0.3 is 15.2 Å². The quantitative estimate of drug-likeness (QED) is 0.431. The van der Waals surface area contributed by atoms with Crippen molar-refractivity contribution in [2.24, 2.45) is 5.73 Å². The van der Waals surface area contributed by atoms with Crippen LogP contribution in [0.5, 0.6) is 0 Å². The van der Waals surface area contributed by atoms with Gasteiger partial charge in [-0.05, 0) is 6.92 Å². The Morgan fingerprint density at radius 2 is 2.20 bits per heavy atom. The zero-order chi connectivity index (χ0) is 7.98. The third kappa shape index (κ3) is 4.29. The average molecular weight is 147 g/mol. The third-order valence-electron chi connectivity index (χ3n) is 0.904. The molecule has 0 aromatic heterocycles. The summed E-state index contributed by atoms with van der Waals surface area (Å²) >= 11 is 0. The monoisotopic (exact) mass is 147 g/mol. The zero-order valence-corrected chi connectivity index (χ0v) is 6.29. The number of hydrogen-bond acceptors (Lipinski definition) is 4. The molecule has 4 heteroatoms. The van der Waals surface area contributed by atoms with Crippen LogP contribution in [0, 0.1) is 0 Å². The van der Waals surface area contributed by atoms with Crippen LogP contribution in [0.25, 0.3) is 0 Å². The van der Waals surface area contributed by atoms with E-state index in [9.17, 15) is 4.79 Å². The summed E-state index contributed by atoms with van der Waals surface area (Å²) in [5.41, 5.74) is 5.20. The molecule has 60 valence electrons. The minimum Gasteiger partial charge on any atom is -0.462 e. The highest BCUT2D eigenvalue weighted by molar-refractivity contribution is 5.74. The first-order valence-electron chi connectivity index (χ1n) is 3.09. The van der Waals surface area contributed by atoms with Crippen molar-refractivity contribution in [2.45, 2.75) is 13.0 Å². The summed E-state index contributed by atoms with van der Waals surface area (Å²) in [4.78, 5) is 10.6. The number of carbonyl (C=O) groups excluding carboxylic acids is 1. The van der Waals surface area contributed by atoms with Gasteiger partial charge in [0.15, 0.2) is 0 Å². The van der Waals surface area contributed by atoms with Gasteiger partial charge in [0.1, 0.15) is 12.6 Å². The van der Waals surface area contributed by atoms with Gasteiger partial charge in [-0.25, -0.2) is 0 Å². The summed E-state index contributed by atoms with van der Waals surface area (Å²) < 4.78 is 9.31. The van der Waals surface area contributed by atoms with E-state index in [4.69, 9.17) is 5.73 Å². The Morgan fingerprint density at radius 1 is 1.60 bits per heavy atom. The molecule has 0 aromatic rings. The molecule has 0 aromatic carbocycles. The van der Waals surface area contributed by atoms with Crippen molar-refractivity contribution in [3.63, 3.8) is 0 Å². The van der Waals surface area contributed by atoms with E-state index in [1.54, 1.807) is 14.0 Å². The van der Waals surface area contributed by atoms with Gasteiger partial charge in [-0.1, -0.05) is 0 Å².